The number of aliphatic carboxylic acids is 1. The van der Waals surface area contributed by atoms with E-state index in [1.807, 2.05) is 0 Å². The first-order chi connectivity index (χ1) is 10.5. The molecule has 0 fully saturated rings. The van der Waals surface area contributed by atoms with Gasteiger partial charge in [0.2, 0.25) is 0 Å². The molecule has 2 rings (SSSR count). The molecular formula is C17H15O5-. The van der Waals surface area contributed by atoms with Gasteiger partial charge in [0.25, 0.3) is 0 Å². The van der Waals surface area contributed by atoms with E-state index in [1.165, 1.54) is 44.6 Å². The fourth-order valence-corrected chi connectivity index (χ4v) is 1.98. The van der Waals surface area contributed by atoms with E-state index in [9.17, 15) is 15.0 Å². The molecule has 0 amide bonds. The van der Waals surface area contributed by atoms with Crippen LogP contribution in [0.2, 0.25) is 0 Å². The minimum absolute atomic E-state index is 0.0790. The standard InChI is InChI=1S/C17H16O5/c1-21-14-7-11(8-15(10-14)22-2)9-16(17(19)20)12-3-5-13(18)6-4-12/h3-10,18H,1-2H3,(H,19,20)/p-1/b16-9-. The fourth-order valence-electron chi connectivity index (χ4n) is 1.98. The van der Waals surface area contributed by atoms with Gasteiger partial charge in [-0.25, -0.2) is 4.79 Å². The zero-order chi connectivity index (χ0) is 16.1. The van der Waals surface area contributed by atoms with E-state index in [0.717, 1.165) is 0 Å². The fraction of sp³-hybridized carbons (Fsp3) is 0.118. The van der Waals surface area contributed by atoms with Crippen LogP contribution in [-0.2, 0) is 4.79 Å². The van der Waals surface area contributed by atoms with Crippen molar-refractivity contribution in [3.63, 3.8) is 0 Å². The van der Waals surface area contributed by atoms with Crippen molar-refractivity contribution in [1.82, 2.24) is 0 Å². The number of carboxylic acids is 1. The Balaban J connectivity index is 2.50. The second-order valence-corrected chi connectivity index (χ2v) is 4.53. The Morgan fingerprint density at radius 2 is 1.59 bits per heavy atom. The van der Waals surface area contributed by atoms with Crippen molar-refractivity contribution in [3.8, 4) is 17.2 Å². The van der Waals surface area contributed by atoms with E-state index in [4.69, 9.17) is 9.47 Å². The predicted octanol–water partition coefficient (Wildman–Crippen LogP) is 2.40. The van der Waals surface area contributed by atoms with Gasteiger partial charge in [-0.3, -0.25) is 0 Å². The lowest BCUT2D eigenvalue weighted by molar-refractivity contribution is -0.268. The Kier molecular flexibility index (Phi) is 4.68. The third-order valence-electron chi connectivity index (χ3n) is 3.08. The molecule has 5 nitrogen and oxygen atoms in total. The molecule has 0 radical (unpaired) electrons. The van der Waals surface area contributed by atoms with Crippen LogP contribution in [0.3, 0.4) is 0 Å². The molecule has 0 bridgehead atoms. The zero-order valence-corrected chi connectivity index (χ0v) is 12.2. The molecule has 0 saturated carbocycles. The predicted molar refractivity (Wildman–Crippen MR) is 80.9 cm³/mol. The molecule has 0 spiro atoms. The van der Waals surface area contributed by atoms with Crippen molar-refractivity contribution >= 4 is 17.6 Å². The highest BCUT2D eigenvalue weighted by molar-refractivity contribution is 6.20. The van der Waals surface area contributed by atoms with E-state index < -0.39 is 5.97 Å². The number of hydrogen-bond acceptors (Lipinski definition) is 4. The van der Waals surface area contributed by atoms with Gasteiger partial charge in [0.05, 0.1) is 19.8 Å². The first-order valence-electron chi connectivity index (χ1n) is 6.49. The van der Waals surface area contributed by atoms with Crippen molar-refractivity contribution in [3.05, 3.63) is 53.6 Å². The van der Waals surface area contributed by atoms with Crippen LogP contribution in [0.25, 0.3) is 11.6 Å². The minimum Gasteiger partial charge on any atom is -0.872 e. The third-order valence-corrected chi connectivity index (χ3v) is 3.08. The second kappa shape index (κ2) is 6.67. The number of rotatable bonds is 5. The highest BCUT2D eigenvalue weighted by Gasteiger charge is 2.11. The number of benzene rings is 2. The SMILES string of the molecule is COc1cc(/C=C(\C(=O)O)c2ccc([O-])cc2)cc(OC)c1. The Bertz CT molecular complexity index is 679. The molecular weight excluding hydrogens is 284 g/mol. The number of hydrogen-bond donors (Lipinski definition) is 1. The van der Waals surface area contributed by atoms with Crippen LogP contribution in [0.4, 0.5) is 0 Å². The monoisotopic (exact) mass is 299 g/mol. The molecule has 0 atom stereocenters. The summed E-state index contributed by atoms with van der Waals surface area (Å²) < 4.78 is 10.3. The van der Waals surface area contributed by atoms with E-state index in [-0.39, 0.29) is 11.3 Å². The smallest absolute Gasteiger partial charge is 0.336 e. The maximum Gasteiger partial charge on any atom is 0.336 e. The molecule has 0 aliphatic rings. The Morgan fingerprint density at radius 3 is 2.05 bits per heavy atom. The number of methoxy groups -OCH3 is 2. The number of ether oxygens (including phenoxy) is 2. The van der Waals surface area contributed by atoms with Gasteiger partial charge >= 0.3 is 5.97 Å². The second-order valence-electron chi connectivity index (χ2n) is 4.53. The number of carbonyl (C=O) groups is 1. The molecule has 0 saturated heterocycles. The van der Waals surface area contributed by atoms with Crippen molar-refractivity contribution in [2.24, 2.45) is 0 Å². The van der Waals surface area contributed by atoms with Crippen LogP contribution in [0.15, 0.2) is 42.5 Å². The molecule has 1 N–H and O–H groups in total. The lowest BCUT2D eigenvalue weighted by atomic mass is 10.0. The summed E-state index contributed by atoms with van der Waals surface area (Å²) >= 11 is 0. The average molecular weight is 299 g/mol. The Hall–Kier alpha value is -2.95. The Labute approximate surface area is 128 Å². The normalized spacial score (nSPS) is 11.1. The first kappa shape index (κ1) is 15.4. The molecule has 114 valence electrons. The van der Waals surface area contributed by atoms with E-state index >= 15 is 0 Å². The van der Waals surface area contributed by atoms with E-state index in [0.29, 0.717) is 22.6 Å². The molecule has 0 aromatic heterocycles. The van der Waals surface area contributed by atoms with Gasteiger partial charge in [-0.2, -0.15) is 0 Å². The first-order valence-corrected chi connectivity index (χ1v) is 6.49. The quantitative estimate of drug-likeness (QED) is 0.677. The summed E-state index contributed by atoms with van der Waals surface area (Å²) in [7, 11) is 3.04. The van der Waals surface area contributed by atoms with Crippen molar-refractivity contribution < 1.29 is 24.5 Å². The van der Waals surface area contributed by atoms with Crippen molar-refractivity contribution in [2.75, 3.05) is 14.2 Å². The highest BCUT2D eigenvalue weighted by Crippen LogP contribution is 2.26. The van der Waals surface area contributed by atoms with Gasteiger partial charge in [-0.15, -0.1) is 5.75 Å². The summed E-state index contributed by atoms with van der Waals surface area (Å²) in [6.45, 7) is 0. The molecule has 0 unspecified atom stereocenters. The summed E-state index contributed by atoms with van der Waals surface area (Å²) in [5.41, 5.74) is 1.16. The van der Waals surface area contributed by atoms with Crippen LogP contribution in [0.5, 0.6) is 17.2 Å². The van der Waals surface area contributed by atoms with Gasteiger partial charge in [0.1, 0.15) is 11.5 Å². The van der Waals surface area contributed by atoms with E-state index in [2.05, 4.69) is 0 Å². The third kappa shape index (κ3) is 3.58. The molecule has 2 aromatic rings. The van der Waals surface area contributed by atoms with Gasteiger partial charge < -0.3 is 19.7 Å². The van der Waals surface area contributed by atoms with Gasteiger partial charge in [-0.1, -0.05) is 24.3 Å². The van der Waals surface area contributed by atoms with Crippen molar-refractivity contribution in [1.29, 1.82) is 0 Å². The molecule has 0 heterocycles. The highest BCUT2D eigenvalue weighted by atomic mass is 16.5. The molecule has 0 aliphatic carbocycles. The molecule has 2 aromatic carbocycles. The summed E-state index contributed by atoms with van der Waals surface area (Å²) in [6, 6.07) is 10.7. The summed E-state index contributed by atoms with van der Waals surface area (Å²) in [5, 5.41) is 20.5. The maximum absolute atomic E-state index is 11.5. The Morgan fingerprint density at radius 1 is 1.05 bits per heavy atom. The molecule has 22 heavy (non-hydrogen) atoms. The van der Waals surface area contributed by atoms with Crippen LogP contribution in [0, 0.1) is 0 Å². The molecule has 5 heteroatoms. The maximum atomic E-state index is 11.5. The van der Waals surface area contributed by atoms with Crippen LogP contribution in [0.1, 0.15) is 11.1 Å². The number of carboxylic acid groups (broad SMARTS) is 1. The van der Waals surface area contributed by atoms with E-state index in [1.54, 1.807) is 18.2 Å². The van der Waals surface area contributed by atoms with Gasteiger partial charge in [0.15, 0.2) is 0 Å². The van der Waals surface area contributed by atoms with Crippen molar-refractivity contribution in [2.45, 2.75) is 0 Å². The zero-order valence-electron chi connectivity index (χ0n) is 12.2. The van der Waals surface area contributed by atoms with Gasteiger partial charge in [-0.05, 0) is 29.3 Å². The largest absolute Gasteiger partial charge is 0.872 e. The lowest BCUT2D eigenvalue weighted by Gasteiger charge is -2.09. The summed E-state index contributed by atoms with van der Waals surface area (Å²) in [5.74, 6) is -0.132. The van der Waals surface area contributed by atoms with Crippen LogP contribution in [-0.4, -0.2) is 25.3 Å². The topological polar surface area (TPSA) is 78.8 Å². The molecule has 0 aliphatic heterocycles. The minimum atomic E-state index is -1.08. The van der Waals surface area contributed by atoms with Gasteiger partial charge in [0, 0.05) is 6.07 Å². The van der Waals surface area contributed by atoms with Crippen LogP contribution >= 0.6 is 0 Å². The summed E-state index contributed by atoms with van der Waals surface area (Å²) in [6.07, 6.45) is 1.51. The lowest BCUT2D eigenvalue weighted by Crippen LogP contribution is -2.00. The average Bonchev–Trinajstić information content (AvgIpc) is 2.53. The van der Waals surface area contributed by atoms with Crippen LogP contribution < -0.4 is 14.6 Å². The summed E-state index contributed by atoms with van der Waals surface area (Å²) in [4.78, 5) is 11.5.